The molecule has 0 spiro atoms. The van der Waals surface area contributed by atoms with Gasteiger partial charge in [-0.1, -0.05) is 36.4 Å². The number of nitrogens with zero attached hydrogens (tertiary/aromatic N) is 1. The van der Waals surface area contributed by atoms with E-state index in [2.05, 4.69) is 20.9 Å². The molecule has 6 nitrogen and oxygen atoms in total. The van der Waals surface area contributed by atoms with Crippen molar-refractivity contribution in [2.24, 2.45) is 0 Å². The molecule has 5 rings (SSSR count). The van der Waals surface area contributed by atoms with E-state index < -0.39 is 0 Å². The molecule has 178 valence electrons. The Morgan fingerprint density at radius 1 is 0.778 bits per heavy atom. The minimum atomic E-state index is -0.0887. The Bertz CT molecular complexity index is 1470. The maximum atomic E-state index is 12.5. The molecule has 1 amide bonds. The van der Waals surface area contributed by atoms with Crippen LogP contribution in [0.2, 0.25) is 0 Å². The van der Waals surface area contributed by atoms with Crippen molar-refractivity contribution >= 4 is 63.2 Å². The first kappa shape index (κ1) is 23.6. The molecule has 0 unspecified atom stereocenters. The molecule has 0 radical (unpaired) electrons. The van der Waals surface area contributed by atoms with Crippen molar-refractivity contribution in [3.05, 3.63) is 103 Å². The van der Waals surface area contributed by atoms with E-state index in [1.165, 1.54) is 11.8 Å². The van der Waals surface area contributed by atoms with Crippen LogP contribution in [0.25, 0.3) is 22.6 Å². The number of thioether (sulfide) groups is 1. The number of hydrogen-bond acceptors (Lipinski definition) is 5. The van der Waals surface area contributed by atoms with E-state index in [-0.39, 0.29) is 11.7 Å². The number of para-hydroxylation sites is 3. The number of oxazole rings is 1. The number of nitrogens with one attached hydrogen (secondary N) is 3. The number of carbonyl (C=O) groups is 1. The Morgan fingerprint density at radius 2 is 1.47 bits per heavy atom. The third kappa shape index (κ3) is 6.10. The SMILES string of the molecule is O=C(CSc1cccc(NC(=S)Nc2ccccc2)c1)Nc1ccc(-c2nc3ccccc3o2)cc1. The zero-order valence-corrected chi connectivity index (χ0v) is 20.7. The number of hydrogen-bond donors (Lipinski definition) is 3. The molecule has 0 aliphatic carbocycles. The number of carbonyl (C=O) groups excluding carboxylic acids is 1. The molecule has 3 N–H and O–H groups in total. The van der Waals surface area contributed by atoms with Crippen molar-refractivity contribution in [1.29, 1.82) is 0 Å². The second-order valence-electron chi connectivity index (χ2n) is 7.87. The zero-order chi connectivity index (χ0) is 24.7. The lowest BCUT2D eigenvalue weighted by atomic mass is 10.2. The molecule has 0 bridgehead atoms. The van der Waals surface area contributed by atoms with E-state index in [0.717, 1.165) is 32.9 Å². The van der Waals surface area contributed by atoms with Crippen molar-refractivity contribution in [1.82, 2.24) is 4.98 Å². The fraction of sp³-hybridized carbons (Fsp3) is 0.0357. The number of aromatic nitrogens is 1. The minimum Gasteiger partial charge on any atom is -0.436 e. The second-order valence-corrected chi connectivity index (χ2v) is 9.33. The molecule has 36 heavy (non-hydrogen) atoms. The molecule has 0 aliphatic rings. The summed E-state index contributed by atoms with van der Waals surface area (Å²) in [7, 11) is 0. The third-order valence-corrected chi connectivity index (χ3v) is 6.40. The number of benzene rings is 4. The predicted molar refractivity (Wildman–Crippen MR) is 152 cm³/mol. The summed E-state index contributed by atoms with van der Waals surface area (Å²) in [6, 6.07) is 32.6. The van der Waals surface area contributed by atoms with E-state index >= 15 is 0 Å². The van der Waals surface area contributed by atoms with E-state index in [0.29, 0.717) is 16.7 Å². The predicted octanol–water partition coefficient (Wildman–Crippen LogP) is 7.03. The topological polar surface area (TPSA) is 79.2 Å². The Balaban J connectivity index is 1.13. The number of fused-ring (bicyclic) bond motifs is 1. The van der Waals surface area contributed by atoms with Gasteiger partial charge in [0.15, 0.2) is 10.7 Å². The smallest absolute Gasteiger partial charge is 0.234 e. The van der Waals surface area contributed by atoms with Crippen LogP contribution in [0.15, 0.2) is 112 Å². The highest BCUT2D eigenvalue weighted by Crippen LogP contribution is 2.26. The van der Waals surface area contributed by atoms with Crippen LogP contribution >= 0.6 is 24.0 Å². The van der Waals surface area contributed by atoms with Crippen LogP contribution in [0.4, 0.5) is 17.1 Å². The highest BCUT2D eigenvalue weighted by molar-refractivity contribution is 8.00. The number of rotatable bonds is 7. The fourth-order valence-electron chi connectivity index (χ4n) is 3.52. The van der Waals surface area contributed by atoms with Crippen molar-refractivity contribution < 1.29 is 9.21 Å². The average Bonchev–Trinajstić information content (AvgIpc) is 3.33. The number of thiocarbonyl (C=S) groups is 1. The summed E-state index contributed by atoms with van der Waals surface area (Å²) in [4.78, 5) is 18.0. The number of amides is 1. The number of anilines is 3. The van der Waals surface area contributed by atoms with Crippen molar-refractivity contribution in [2.45, 2.75) is 4.90 Å². The lowest BCUT2D eigenvalue weighted by molar-refractivity contribution is -0.113. The Hall–Kier alpha value is -4.14. The maximum absolute atomic E-state index is 12.5. The zero-order valence-electron chi connectivity index (χ0n) is 19.1. The summed E-state index contributed by atoms with van der Waals surface area (Å²) in [5.74, 6) is 0.745. The molecule has 0 atom stereocenters. The van der Waals surface area contributed by atoms with E-state index in [9.17, 15) is 4.79 Å². The van der Waals surface area contributed by atoms with Gasteiger partial charge < -0.3 is 20.4 Å². The normalized spacial score (nSPS) is 10.7. The third-order valence-electron chi connectivity index (χ3n) is 5.20. The van der Waals surface area contributed by atoms with Crippen LogP contribution in [0.1, 0.15) is 0 Å². The van der Waals surface area contributed by atoms with Gasteiger partial charge in [-0.2, -0.15) is 0 Å². The van der Waals surface area contributed by atoms with Crippen LogP contribution in [-0.2, 0) is 4.79 Å². The van der Waals surface area contributed by atoms with Crippen LogP contribution < -0.4 is 16.0 Å². The van der Waals surface area contributed by atoms with Crippen molar-refractivity contribution in [2.75, 3.05) is 21.7 Å². The van der Waals surface area contributed by atoms with E-state index in [1.54, 1.807) is 0 Å². The lowest BCUT2D eigenvalue weighted by Gasteiger charge is -2.11. The Morgan fingerprint density at radius 3 is 2.28 bits per heavy atom. The van der Waals surface area contributed by atoms with Crippen molar-refractivity contribution in [3.8, 4) is 11.5 Å². The van der Waals surface area contributed by atoms with E-state index in [4.69, 9.17) is 16.6 Å². The molecule has 0 fully saturated rings. The fourth-order valence-corrected chi connectivity index (χ4v) is 4.51. The largest absolute Gasteiger partial charge is 0.436 e. The van der Waals surface area contributed by atoms with Gasteiger partial charge in [-0.25, -0.2) is 4.98 Å². The van der Waals surface area contributed by atoms with E-state index in [1.807, 2.05) is 103 Å². The van der Waals surface area contributed by atoms with Gasteiger partial charge >= 0.3 is 0 Å². The van der Waals surface area contributed by atoms with Gasteiger partial charge in [0, 0.05) is 27.5 Å². The van der Waals surface area contributed by atoms with Crippen LogP contribution in [0.5, 0.6) is 0 Å². The summed E-state index contributed by atoms with van der Waals surface area (Å²) in [5, 5.41) is 9.76. The second kappa shape index (κ2) is 11.1. The quantitative estimate of drug-likeness (QED) is 0.160. The lowest BCUT2D eigenvalue weighted by Crippen LogP contribution is -2.19. The summed E-state index contributed by atoms with van der Waals surface area (Å²) in [6.45, 7) is 0. The van der Waals surface area contributed by atoms with Gasteiger partial charge in [-0.15, -0.1) is 11.8 Å². The standard InChI is InChI=1S/C28H22N4O2S2/c33-26(29-21-15-13-19(14-16-21)27-32-24-11-4-5-12-25(24)34-27)18-36-23-10-6-9-22(17-23)31-28(35)30-20-7-2-1-3-8-20/h1-17H,18H2,(H,29,33)(H2,30,31,35). The Labute approximate surface area is 218 Å². The van der Waals surface area contributed by atoms with Gasteiger partial charge in [-0.3, -0.25) is 4.79 Å². The summed E-state index contributed by atoms with van der Waals surface area (Å²) in [6.07, 6.45) is 0. The first-order valence-electron chi connectivity index (χ1n) is 11.2. The summed E-state index contributed by atoms with van der Waals surface area (Å²) in [5.41, 5.74) is 4.89. The molecular weight excluding hydrogens is 488 g/mol. The molecule has 8 heteroatoms. The molecule has 1 aromatic heterocycles. The average molecular weight is 511 g/mol. The van der Waals surface area contributed by atoms with Gasteiger partial charge in [0.2, 0.25) is 11.8 Å². The van der Waals surface area contributed by atoms with Crippen LogP contribution in [-0.4, -0.2) is 21.8 Å². The molecule has 5 aromatic rings. The Kier molecular flexibility index (Phi) is 7.25. The van der Waals surface area contributed by atoms with Crippen molar-refractivity contribution in [3.63, 3.8) is 0 Å². The molecular formula is C28H22N4O2S2. The first-order chi connectivity index (χ1) is 17.6. The monoisotopic (exact) mass is 510 g/mol. The van der Waals surface area contributed by atoms with Crippen LogP contribution in [0.3, 0.4) is 0 Å². The minimum absolute atomic E-state index is 0.0887. The molecule has 0 aliphatic heterocycles. The molecule has 0 saturated heterocycles. The summed E-state index contributed by atoms with van der Waals surface area (Å²) >= 11 is 6.85. The molecule has 4 aromatic carbocycles. The van der Waals surface area contributed by atoms with Crippen LogP contribution in [0, 0.1) is 0 Å². The first-order valence-corrected chi connectivity index (χ1v) is 12.6. The van der Waals surface area contributed by atoms with Gasteiger partial charge in [-0.05, 0) is 78.9 Å². The molecule has 1 heterocycles. The maximum Gasteiger partial charge on any atom is 0.234 e. The highest BCUT2D eigenvalue weighted by Gasteiger charge is 2.09. The molecule has 0 saturated carbocycles. The van der Waals surface area contributed by atoms with Gasteiger partial charge in [0.25, 0.3) is 0 Å². The van der Waals surface area contributed by atoms with Gasteiger partial charge in [0.1, 0.15) is 5.52 Å². The highest BCUT2D eigenvalue weighted by atomic mass is 32.2. The summed E-state index contributed by atoms with van der Waals surface area (Å²) < 4.78 is 5.81. The van der Waals surface area contributed by atoms with Gasteiger partial charge in [0.05, 0.1) is 5.75 Å².